The number of H-pyrrole nitrogens is 1. The molecule has 2 aromatic heterocycles. The van der Waals surface area contributed by atoms with Gasteiger partial charge in [-0.05, 0) is 19.1 Å². The highest BCUT2D eigenvalue weighted by Gasteiger charge is 2.11. The number of oxazole rings is 1. The Kier molecular flexibility index (Phi) is 3.23. The van der Waals surface area contributed by atoms with E-state index >= 15 is 0 Å². The predicted octanol–water partition coefficient (Wildman–Crippen LogP) is 1.61. The summed E-state index contributed by atoms with van der Waals surface area (Å²) < 4.78 is 7.17. The van der Waals surface area contributed by atoms with Gasteiger partial charge in [0.2, 0.25) is 5.89 Å². The Labute approximate surface area is 118 Å². The zero-order valence-electron chi connectivity index (χ0n) is 10.8. The largest absolute Gasteiger partial charge is 0.440 e. The number of nitrogen functional groups attached to an aromatic ring is 1. The molecule has 20 heavy (non-hydrogen) atoms. The number of nitrogens with zero attached hydrogens (tertiary/aromatic N) is 3. The fourth-order valence-electron chi connectivity index (χ4n) is 1.87. The molecule has 0 bridgehead atoms. The smallest absolute Gasteiger partial charge is 0.343 e. The molecule has 0 amide bonds. The van der Waals surface area contributed by atoms with Crippen molar-refractivity contribution < 1.29 is 4.42 Å². The number of nitrogens with one attached hydrogen (secondary N) is 1. The van der Waals surface area contributed by atoms with Gasteiger partial charge < -0.3 is 10.2 Å². The Hall–Kier alpha value is -2.22. The quantitative estimate of drug-likeness (QED) is 0.559. The first-order chi connectivity index (χ1) is 9.67. The average molecular weight is 291 g/mol. The van der Waals surface area contributed by atoms with E-state index < -0.39 is 0 Å². The van der Waals surface area contributed by atoms with E-state index in [1.807, 2.05) is 13.0 Å². The molecule has 0 fully saturated rings. The molecule has 0 atom stereocenters. The number of aromatic nitrogens is 4. The van der Waals surface area contributed by atoms with E-state index in [4.69, 9.17) is 10.2 Å². The number of rotatable bonds is 4. The second kappa shape index (κ2) is 5.04. The molecule has 0 unspecified atom stereocenters. The molecule has 8 heteroatoms. The molecule has 0 aliphatic rings. The molecule has 3 aromatic rings. The summed E-state index contributed by atoms with van der Waals surface area (Å²) in [5, 5.41) is 7.02. The first kappa shape index (κ1) is 12.8. The van der Waals surface area contributed by atoms with Crippen molar-refractivity contribution in [2.24, 2.45) is 0 Å². The summed E-state index contributed by atoms with van der Waals surface area (Å²) in [6, 6.07) is 5.34. The minimum Gasteiger partial charge on any atom is -0.440 e. The molecule has 0 saturated carbocycles. The summed E-state index contributed by atoms with van der Waals surface area (Å²) in [6.07, 6.45) is 0. The number of nitrogens with two attached hydrogens (primary N) is 1. The van der Waals surface area contributed by atoms with Crippen molar-refractivity contribution in [2.45, 2.75) is 24.4 Å². The van der Waals surface area contributed by atoms with Gasteiger partial charge in [0.1, 0.15) is 5.52 Å². The van der Waals surface area contributed by atoms with Crippen LogP contribution >= 0.6 is 11.8 Å². The molecule has 3 N–H and O–H groups in total. The molecule has 0 radical (unpaired) electrons. The standard InChI is InChI=1S/C12H13N5O2S/c1-2-17-11(18)15-16-12(17)20-6-10-14-8-4-3-7(13)5-9(8)19-10/h3-5H,2,6,13H2,1H3,(H,15,18). The highest BCUT2D eigenvalue weighted by Crippen LogP contribution is 2.23. The van der Waals surface area contributed by atoms with E-state index in [2.05, 4.69) is 15.2 Å². The predicted molar refractivity (Wildman–Crippen MR) is 76.5 cm³/mol. The normalized spacial score (nSPS) is 11.2. The van der Waals surface area contributed by atoms with E-state index in [1.54, 1.807) is 16.7 Å². The SMILES string of the molecule is CCn1c(SCc2nc3ccc(N)cc3o2)n[nH]c1=O. The van der Waals surface area contributed by atoms with Crippen molar-refractivity contribution in [1.29, 1.82) is 0 Å². The Morgan fingerprint density at radius 2 is 2.35 bits per heavy atom. The number of aromatic amines is 1. The topological polar surface area (TPSA) is 103 Å². The van der Waals surface area contributed by atoms with Crippen LogP contribution in [-0.4, -0.2) is 19.7 Å². The first-order valence-corrected chi connectivity index (χ1v) is 7.09. The Bertz CT molecular complexity index is 804. The van der Waals surface area contributed by atoms with Crippen molar-refractivity contribution in [3.63, 3.8) is 0 Å². The molecule has 7 nitrogen and oxygen atoms in total. The lowest BCUT2D eigenvalue weighted by Crippen LogP contribution is -2.16. The highest BCUT2D eigenvalue weighted by atomic mass is 32.2. The number of hydrogen-bond donors (Lipinski definition) is 2. The first-order valence-electron chi connectivity index (χ1n) is 6.10. The van der Waals surface area contributed by atoms with Crippen molar-refractivity contribution >= 4 is 28.5 Å². The molecule has 0 aliphatic carbocycles. The average Bonchev–Trinajstić information content (AvgIpc) is 2.98. The monoisotopic (exact) mass is 291 g/mol. The molecule has 0 aliphatic heterocycles. The van der Waals surface area contributed by atoms with Crippen LogP contribution in [0.5, 0.6) is 0 Å². The minimum absolute atomic E-state index is 0.208. The van der Waals surface area contributed by atoms with Crippen LogP contribution in [0.15, 0.2) is 32.6 Å². The van der Waals surface area contributed by atoms with E-state index in [-0.39, 0.29) is 5.69 Å². The van der Waals surface area contributed by atoms with Gasteiger partial charge in [0.25, 0.3) is 0 Å². The molecule has 104 valence electrons. The Morgan fingerprint density at radius 3 is 3.15 bits per heavy atom. The summed E-state index contributed by atoms with van der Waals surface area (Å²) in [7, 11) is 0. The van der Waals surface area contributed by atoms with Gasteiger partial charge in [0.15, 0.2) is 10.7 Å². The van der Waals surface area contributed by atoms with Crippen LogP contribution in [0.4, 0.5) is 5.69 Å². The fraction of sp³-hybridized carbons (Fsp3) is 0.250. The zero-order valence-corrected chi connectivity index (χ0v) is 11.6. The number of benzene rings is 1. The summed E-state index contributed by atoms with van der Waals surface area (Å²) in [4.78, 5) is 15.8. The van der Waals surface area contributed by atoms with Crippen molar-refractivity contribution in [1.82, 2.24) is 19.7 Å². The van der Waals surface area contributed by atoms with Crippen LogP contribution in [-0.2, 0) is 12.3 Å². The molecular weight excluding hydrogens is 278 g/mol. The molecule has 0 spiro atoms. The van der Waals surface area contributed by atoms with Crippen LogP contribution in [0, 0.1) is 0 Å². The van der Waals surface area contributed by atoms with Crippen LogP contribution in [0.2, 0.25) is 0 Å². The second-order valence-corrected chi connectivity index (χ2v) is 5.12. The van der Waals surface area contributed by atoms with Gasteiger partial charge in [0, 0.05) is 18.3 Å². The van der Waals surface area contributed by atoms with Gasteiger partial charge in [-0.1, -0.05) is 11.8 Å². The third-order valence-electron chi connectivity index (χ3n) is 2.82. The van der Waals surface area contributed by atoms with Gasteiger partial charge in [-0.25, -0.2) is 14.9 Å². The van der Waals surface area contributed by atoms with Crippen LogP contribution in [0.25, 0.3) is 11.1 Å². The van der Waals surface area contributed by atoms with E-state index in [0.29, 0.717) is 34.6 Å². The van der Waals surface area contributed by atoms with Gasteiger partial charge in [-0.2, -0.15) is 0 Å². The number of hydrogen-bond acceptors (Lipinski definition) is 6. The minimum atomic E-state index is -0.208. The van der Waals surface area contributed by atoms with E-state index in [1.165, 1.54) is 11.8 Å². The maximum atomic E-state index is 11.4. The zero-order chi connectivity index (χ0) is 14.1. The number of anilines is 1. The summed E-state index contributed by atoms with van der Waals surface area (Å²) in [5.41, 5.74) is 7.56. The third kappa shape index (κ3) is 2.29. The summed E-state index contributed by atoms with van der Waals surface area (Å²) in [5.74, 6) is 1.08. The lowest BCUT2D eigenvalue weighted by molar-refractivity contribution is 0.555. The maximum Gasteiger partial charge on any atom is 0.343 e. The molecule has 3 rings (SSSR count). The van der Waals surface area contributed by atoms with Crippen molar-refractivity contribution in [3.8, 4) is 0 Å². The number of fused-ring (bicyclic) bond motifs is 1. The third-order valence-corrected chi connectivity index (χ3v) is 3.78. The maximum absolute atomic E-state index is 11.4. The number of thioether (sulfide) groups is 1. The Balaban J connectivity index is 1.81. The van der Waals surface area contributed by atoms with Crippen LogP contribution < -0.4 is 11.4 Å². The van der Waals surface area contributed by atoms with E-state index in [9.17, 15) is 4.79 Å². The van der Waals surface area contributed by atoms with Crippen molar-refractivity contribution in [2.75, 3.05) is 5.73 Å². The molecule has 0 saturated heterocycles. The second-order valence-electron chi connectivity index (χ2n) is 4.18. The lowest BCUT2D eigenvalue weighted by Gasteiger charge is -1.99. The molecular formula is C12H13N5O2S. The van der Waals surface area contributed by atoms with Gasteiger partial charge >= 0.3 is 5.69 Å². The van der Waals surface area contributed by atoms with Crippen molar-refractivity contribution in [3.05, 3.63) is 34.6 Å². The summed E-state index contributed by atoms with van der Waals surface area (Å²) in [6.45, 7) is 2.46. The lowest BCUT2D eigenvalue weighted by atomic mass is 10.3. The molecule has 2 heterocycles. The highest BCUT2D eigenvalue weighted by molar-refractivity contribution is 7.98. The van der Waals surface area contributed by atoms with Gasteiger partial charge in [0.05, 0.1) is 5.75 Å². The van der Waals surface area contributed by atoms with E-state index in [0.717, 1.165) is 5.52 Å². The van der Waals surface area contributed by atoms with Gasteiger partial charge in [-0.15, -0.1) is 5.10 Å². The fourth-order valence-corrected chi connectivity index (χ4v) is 2.72. The molecule has 1 aromatic carbocycles. The summed E-state index contributed by atoms with van der Waals surface area (Å²) >= 11 is 1.40. The Morgan fingerprint density at radius 1 is 1.50 bits per heavy atom. The van der Waals surface area contributed by atoms with Crippen LogP contribution in [0.1, 0.15) is 12.8 Å². The van der Waals surface area contributed by atoms with Crippen LogP contribution in [0.3, 0.4) is 0 Å². The van der Waals surface area contributed by atoms with Gasteiger partial charge in [-0.3, -0.25) is 4.57 Å².